The highest BCUT2D eigenvalue weighted by Crippen LogP contribution is 2.32. The normalized spacial score (nSPS) is 11.7. The standard InChI is InChI=1S/C25H21F3N4O5S2/c1-36-18-8-4-17(5-9-18)32-39(34,35)19-10-6-16(7-11-19)29-23(33)12-14-38-24-30-20(21-3-2-13-37-21)15-22(31-24)25(26,27)28/h2-11,13,15,32H,12,14H2,1H3,(H,29,33). The minimum Gasteiger partial charge on any atom is -0.497 e. The summed E-state index contributed by atoms with van der Waals surface area (Å²) in [6, 6.07) is 15.7. The topological polar surface area (TPSA) is 123 Å². The number of rotatable bonds is 10. The molecule has 9 nitrogen and oxygen atoms in total. The van der Waals surface area contributed by atoms with Crippen molar-refractivity contribution in [3.8, 4) is 17.2 Å². The number of alkyl halides is 3. The quantitative estimate of drug-likeness (QED) is 0.182. The zero-order valence-corrected chi connectivity index (χ0v) is 21.9. The van der Waals surface area contributed by atoms with E-state index in [1.807, 2.05) is 0 Å². The number of amides is 1. The molecule has 0 unspecified atom stereocenters. The van der Waals surface area contributed by atoms with Gasteiger partial charge in [0.2, 0.25) is 5.91 Å². The summed E-state index contributed by atoms with van der Waals surface area (Å²) in [5.41, 5.74) is -0.436. The summed E-state index contributed by atoms with van der Waals surface area (Å²) in [6.45, 7) is 0. The SMILES string of the molecule is COc1ccc(NS(=O)(=O)c2ccc(NC(=O)CCSc3nc(-c4ccco4)cc(C(F)(F)F)n3)cc2)cc1. The maximum Gasteiger partial charge on any atom is 0.433 e. The average Bonchev–Trinajstić information content (AvgIpc) is 3.44. The molecule has 4 aromatic rings. The van der Waals surface area contributed by atoms with Crippen molar-refractivity contribution < 1.29 is 35.5 Å². The van der Waals surface area contributed by atoms with E-state index in [1.165, 1.54) is 49.8 Å². The molecular formula is C25H21F3N4O5S2. The Bertz CT molecular complexity index is 1530. The van der Waals surface area contributed by atoms with Crippen LogP contribution in [0.1, 0.15) is 12.1 Å². The van der Waals surface area contributed by atoms with Crippen molar-refractivity contribution in [2.45, 2.75) is 22.6 Å². The fraction of sp³-hybridized carbons (Fsp3) is 0.160. The fourth-order valence-corrected chi connectivity index (χ4v) is 5.09. The molecular weight excluding hydrogens is 557 g/mol. The average molecular weight is 579 g/mol. The van der Waals surface area contributed by atoms with Crippen LogP contribution in [-0.2, 0) is 21.0 Å². The Morgan fingerprint density at radius 3 is 2.33 bits per heavy atom. The van der Waals surface area contributed by atoms with E-state index in [0.717, 1.165) is 17.8 Å². The first kappa shape index (κ1) is 28.0. The van der Waals surface area contributed by atoms with Gasteiger partial charge in [-0.3, -0.25) is 9.52 Å². The van der Waals surface area contributed by atoms with Gasteiger partial charge in [-0.1, -0.05) is 11.8 Å². The Kier molecular flexibility index (Phi) is 8.45. The van der Waals surface area contributed by atoms with Crippen LogP contribution in [0.5, 0.6) is 5.75 Å². The van der Waals surface area contributed by atoms with Crippen LogP contribution in [0.4, 0.5) is 24.5 Å². The van der Waals surface area contributed by atoms with Crippen molar-refractivity contribution in [2.24, 2.45) is 0 Å². The second-order valence-electron chi connectivity index (χ2n) is 7.90. The van der Waals surface area contributed by atoms with Crippen LogP contribution in [0.15, 0.2) is 87.5 Å². The summed E-state index contributed by atoms with van der Waals surface area (Å²) in [5, 5.41) is 2.47. The minimum absolute atomic E-state index is 0.0130. The number of anilines is 2. The minimum atomic E-state index is -4.68. The molecule has 0 fully saturated rings. The maximum absolute atomic E-state index is 13.3. The molecule has 0 spiro atoms. The molecule has 2 heterocycles. The summed E-state index contributed by atoms with van der Waals surface area (Å²) < 4.78 is 77.7. The van der Waals surface area contributed by atoms with Crippen LogP contribution in [-0.4, -0.2) is 37.2 Å². The molecule has 14 heteroatoms. The van der Waals surface area contributed by atoms with Gasteiger partial charge in [-0.05, 0) is 66.7 Å². The summed E-state index contributed by atoms with van der Waals surface area (Å²) in [6.07, 6.45) is -3.42. The number of furan rings is 1. The number of carbonyl (C=O) groups is 1. The molecule has 0 bridgehead atoms. The lowest BCUT2D eigenvalue weighted by Crippen LogP contribution is -2.14. The molecule has 0 aliphatic carbocycles. The number of benzene rings is 2. The van der Waals surface area contributed by atoms with E-state index in [9.17, 15) is 26.4 Å². The number of methoxy groups -OCH3 is 1. The number of nitrogens with one attached hydrogen (secondary N) is 2. The van der Waals surface area contributed by atoms with Crippen molar-refractivity contribution in [3.05, 3.63) is 78.7 Å². The predicted octanol–water partition coefficient (Wildman–Crippen LogP) is 5.69. The smallest absolute Gasteiger partial charge is 0.433 e. The van der Waals surface area contributed by atoms with Gasteiger partial charge < -0.3 is 14.5 Å². The molecule has 0 aliphatic heterocycles. The van der Waals surface area contributed by atoms with Gasteiger partial charge in [0, 0.05) is 23.5 Å². The summed E-state index contributed by atoms with van der Waals surface area (Å²) in [5.74, 6) is 0.417. The molecule has 0 radical (unpaired) electrons. The zero-order valence-electron chi connectivity index (χ0n) is 20.2. The molecule has 204 valence electrons. The van der Waals surface area contributed by atoms with Gasteiger partial charge in [0.05, 0.1) is 18.3 Å². The Morgan fingerprint density at radius 2 is 1.72 bits per heavy atom. The third-order valence-electron chi connectivity index (χ3n) is 5.12. The number of carbonyl (C=O) groups excluding carboxylic acids is 1. The molecule has 2 aromatic heterocycles. The summed E-state index contributed by atoms with van der Waals surface area (Å²) in [7, 11) is -2.36. The van der Waals surface area contributed by atoms with Gasteiger partial charge in [-0.15, -0.1) is 0 Å². The highest BCUT2D eigenvalue weighted by molar-refractivity contribution is 7.99. The first-order valence-electron chi connectivity index (χ1n) is 11.2. The first-order valence-corrected chi connectivity index (χ1v) is 13.7. The number of nitrogens with zero attached hydrogens (tertiary/aromatic N) is 2. The van der Waals surface area contributed by atoms with Crippen LogP contribution in [0.3, 0.4) is 0 Å². The molecule has 39 heavy (non-hydrogen) atoms. The van der Waals surface area contributed by atoms with Crippen molar-refractivity contribution in [1.82, 2.24) is 9.97 Å². The monoisotopic (exact) mass is 578 g/mol. The van der Waals surface area contributed by atoms with E-state index < -0.39 is 27.8 Å². The van der Waals surface area contributed by atoms with E-state index >= 15 is 0 Å². The van der Waals surface area contributed by atoms with Crippen LogP contribution in [0.25, 0.3) is 11.5 Å². The molecule has 2 N–H and O–H groups in total. The van der Waals surface area contributed by atoms with Crippen molar-refractivity contribution in [1.29, 1.82) is 0 Å². The Labute approximate surface area is 225 Å². The number of thioether (sulfide) groups is 1. The second kappa shape index (κ2) is 11.8. The van der Waals surface area contributed by atoms with E-state index in [2.05, 4.69) is 20.0 Å². The Balaban J connectivity index is 1.33. The zero-order chi connectivity index (χ0) is 28.0. The van der Waals surface area contributed by atoms with Crippen LogP contribution < -0.4 is 14.8 Å². The lowest BCUT2D eigenvalue weighted by Gasteiger charge is -2.10. The molecule has 4 rings (SSSR count). The number of ether oxygens (including phenoxy) is 1. The lowest BCUT2D eigenvalue weighted by molar-refractivity contribution is -0.141. The van der Waals surface area contributed by atoms with Gasteiger partial charge in [0.25, 0.3) is 10.0 Å². The summed E-state index contributed by atoms with van der Waals surface area (Å²) in [4.78, 5) is 20.0. The largest absolute Gasteiger partial charge is 0.497 e. The third-order valence-corrected chi connectivity index (χ3v) is 7.37. The summed E-state index contributed by atoms with van der Waals surface area (Å²) >= 11 is 0.890. The number of hydrogen-bond donors (Lipinski definition) is 2. The van der Waals surface area contributed by atoms with E-state index in [-0.39, 0.29) is 33.7 Å². The molecule has 1 amide bonds. The molecule has 0 saturated heterocycles. The molecule has 0 aliphatic rings. The number of halogens is 3. The number of hydrogen-bond acceptors (Lipinski definition) is 8. The highest BCUT2D eigenvalue weighted by Gasteiger charge is 2.34. The maximum atomic E-state index is 13.3. The predicted molar refractivity (Wildman–Crippen MR) is 139 cm³/mol. The second-order valence-corrected chi connectivity index (χ2v) is 10.6. The van der Waals surface area contributed by atoms with Gasteiger partial charge in [0.15, 0.2) is 10.9 Å². The van der Waals surface area contributed by atoms with Gasteiger partial charge in [-0.2, -0.15) is 13.2 Å². The Hall–Kier alpha value is -4.04. The molecule has 0 atom stereocenters. The van der Waals surface area contributed by atoms with Crippen LogP contribution in [0.2, 0.25) is 0 Å². The first-order chi connectivity index (χ1) is 18.5. The van der Waals surface area contributed by atoms with E-state index in [0.29, 0.717) is 17.1 Å². The number of sulfonamides is 1. The van der Waals surface area contributed by atoms with Crippen molar-refractivity contribution in [3.63, 3.8) is 0 Å². The van der Waals surface area contributed by atoms with Crippen LogP contribution in [0, 0.1) is 0 Å². The lowest BCUT2D eigenvalue weighted by atomic mass is 10.2. The van der Waals surface area contributed by atoms with Gasteiger partial charge in [0.1, 0.15) is 17.1 Å². The van der Waals surface area contributed by atoms with Gasteiger partial charge >= 0.3 is 6.18 Å². The molecule has 0 saturated carbocycles. The van der Waals surface area contributed by atoms with Crippen molar-refractivity contribution in [2.75, 3.05) is 22.9 Å². The Morgan fingerprint density at radius 1 is 1.03 bits per heavy atom. The molecule has 2 aromatic carbocycles. The number of aromatic nitrogens is 2. The van der Waals surface area contributed by atoms with E-state index in [1.54, 1.807) is 24.3 Å². The fourth-order valence-electron chi connectivity index (χ4n) is 3.23. The van der Waals surface area contributed by atoms with Crippen molar-refractivity contribution >= 4 is 39.1 Å². The van der Waals surface area contributed by atoms with Gasteiger partial charge in [-0.25, -0.2) is 18.4 Å². The van der Waals surface area contributed by atoms with E-state index in [4.69, 9.17) is 9.15 Å². The van der Waals surface area contributed by atoms with Crippen LogP contribution >= 0.6 is 11.8 Å². The third kappa shape index (κ3) is 7.51. The highest BCUT2D eigenvalue weighted by atomic mass is 32.2.